The molecule has 0 aromatic heterocycles. The highest BCUT2D eigenvalue weighted by molar-refractivity contribution is 8.03. The summed E-state index contributed by atoms with van der Waals surface area (Å²) in [7, 11) is 0. The monoisotopic (exact) mass is 382 g/mol. The molecule has 6 nitrogen and oxygen atoms in total. The fraction of sp³-hybridized carbons (Fsp3) is 0.789. The number of nitrogens with zero attached hydrogens (tertiary/aromatic N) is 1. The number of esters is 1. The lowest BCUT2D eigenvalue weighted by Gasteiger charge is -2.44. The number of hydrogen-bond donors (Lipinski definition) is 1. The molecule has 4 rings (SSSR count). The molecule has 26 heavy (non-hydrogen) atoms. The van der Waals surface area contributed by atoms with Crippen LogP contribution in [0.25, 0.3) is 0 Å². The molecular weight excluding hydrogens is 352 g/mol. The predicted octanol–water partition coefficient (Wildman–Crippen LogP) is 2.78. The molecule has 4 aliphatic heterocycles. The first-order valence-corrected chi connectivity index (χ1v) is 10.5. The van der Waals surface area contributed by atoms with E-state index in [2.05, 4.69) is 17.1 Å². The highest BCUT2D eigenvalue weighted by Crippen LogP contribution is 2.34. The summed E-state index contributed by atoms with van der Waals surface area (Å²) >= 11 is 1.60. The first-order valence-electron chi connectivity index (χ1n) is 9.48. The van der Waals surface area contributed by atoms with Crippen LogP contribution >= 0.6 is 11.8 Å². The Labute approximate surface area is 160 Å². The van der Waals surface area contributed by atoms with Crippen molar-refractivity contribution in [2.24, 2.45) is 11.8 Å². The van der Waals surface area contributed by atoms with Crippen molar-refractivity contribution in [3.05, 3.63) is 11.0 Å². The summed E-state index contributed by atoms with van der Waals surface area (Å²) in [5.41, 5.74) is -0.612. The highest BCUT2D eigenvalue weighted by Gasteiger charge is 2.39. The molecule has 3 atom stereocenters. The topological polar surface area (TPSA) is 67.9 Å². The maximum absolute atomic E-state index is 12.9. The molecule has 7 heteroatoms. The van der Waals surface area contributed by atoms with E-state index in [1.54, 1.807) is 32.5 Å². The number of alkyl carbamates (subject to hydrolysis) is 1. The van der Waals surface area contributed by atoms with Crippen LogP contribution in [0.4, 0.5) is 4.79 Å². The van der Waals surface area contributed by atoms with Crippen LogP contribution in [0.5, 0.6) is 0 Å². The zero-order chi connectivity index (χ0) is 18.9. The van der Waals surface area contributed by atoms with Crippen LogP contribution in [0.15, 0.2) is 11.0 Å². The number of piperidine rings is 3. The molecular formula is C19H30N2O4S. The van der Waals surface area contributed by atoms with E-state index in [0.717, 1.165) is 43.1 Å². The first kappa shape index (κ1) is 19.5. The fourth-order valence-corrected chi connectivity index (χ4v) is 4.92. The zero-order valence-corrected chi connectivity index (χ0v) is 16.9. The van der Waals surface area contributed by atoms with Crippen LogP contribution in [-0.4, -0.2) is 60.1 Å². The smallest absolute Gasteiger partial charge is 0.408 e. The van der Waals surface area contributed by atoms with Crippen molar-refractivity contribution in [1.29, 1.82) is 0 Å². The molecule has 0 aromatic rings. The minimum atomic E-state index is -0.782. The number of carbonyl (C=O) groups is 2. The summed E-state index contributed by atoms with van der Waals surface area (Å²) < 4.78 is 11.2. The van der Waals surface area contributed by atoms with E-state index in [-0.39, 0.29) is 12.1 Å². The SMILES string of the molecule is CC1C=C(C(NC(=O)OC(C)(C)C)C(=O)OC2CN3CCC2CC3)SC1. The number of thioether (sulfide) groups is 1. The third-order valence-corrected chi connectivity index (χ3v) is 6.40. The molecule has 4 aliphatic rings. The van der Waals surface area contributed by atoms with Crippen molar-refractivity contribution in [2.45, 2.75) is 58.3 Å². The summed E-state index contributed by atoms with van der Waals surface area (Å²) in [4.78, 5) is 28.4. The molecule has 146 valence electrons. The van der Waals surface area contributed by atoms with E-state index in [4.69, 9.17) is 9.47 Å². The van der Waals surface area contributed by atoms with E-state index < -0.39 is 17.7 Å². The molecule has 0 aromatic carbocycles. The van der Waals surface area contributed by atoms with Crippen LogP contribution in [0.3, 0.4) is 0 Å². The highest BCUT2D eigenvalue weighted by atomic mass is 32.2. The number of carbonyl (C=O) groups excluding carboxylic acids is 2. The Morgan fingerprint density at radius 1 is 1.31 bits per heavy atom. The molecule has 1 amide bonds. The molecule has 4 heterocycles. The van der Waals surface area contributed by atoms with Crippen molar-refractivity contribution in [1.82, 2.24) is 10.2 Å². The number of allylic oxidation sites excluding steroid dienone is 1. The fourth-order valence-electron chi connectivity index (χ4n) is 3.72. The molecule has 1 N–H and O–H groups in total. The van der Waals surface area contributed by atoms with Gasteiger partial charge in [0.25, 0.3) is 0 Å². The van der Waals surface area contributed by atoms with Crippen LogP contribution in [0.1, 0.15) is 40.5 Å². The lowest BCUT2D eigenvalue weighted by molar-refractivity contribution is -0.160. The Morgan fingerprint density at radius 3 is 2.50 bits per heavy atom. The maximum atomic E-state index is 12.9. The maximum Gasteiger partial charge on any atom is 0.408 e. The van der Waals surface area contributed by atoms with Crippen molar-refractivity contribution in [3.63, 3.8) is 0 Å². The van der Waals surface area contributed by atoms with Gasteiger partial charge in [0.15, 0.2) is 6.04 Å². The van der Waals surface area contributed by atoms with Crippen LogP contribution in [0, 0.1) is 11.8 Å². The van der Waals surface area contributed by atoms with Gasteiger partial charge >= 0.3 is 12.1 Å². The average Bonchev–Trinajstić information content (AvgIpc) is 2.98. The van der Waals surface area contributed by atoms with Crippen LogP contribution < -0.4 is 5.32 Å². The Balaban J connectivity index is 1.67. The minimum absolute atomic E-state index is 0.0719. The van der Waals surface area contributed by atoms with E-state index in [1.807, 2.05) is 6.08 Å². The summed E-state index contributed by atoms with van der Waals surface area (Å²) in [5.74, 6) is 1.36. The summed E-state index contributed by atoms with van der Waals surface area (Å²) in [6.45, 7) is 10.5. The second-order valence-electron chi connectivity index (χ2n) is 8.55. The van der Waals surface area contributed by atoms with E-state index in [0.29, 0.717) is 11.8 Å². The van der Waals surface area contributed by atoms with E-state index in [1.165, 1.54) is 0 Å². The molecule has 0 radical (unpaired) electrons. The van der Waals surface area contributed by atoms with Gasteiger partial charge in [-0.15, -0.1) is 11.8 Å². The zero-order valence-electron chi connectivity index (χ0n) is 16.1. The van der Waals surface area contributed by atoms with Gasteiger partial charge in [-0.2, -0.15) is 0 Å². The number of hydrogen-bond acceptors (Lipinski definition) is 6. The second-order valence-corrected chi connectivity index (χ2v) is 9.64. The third-order valence-electron chi connectivity index (χ3n) is 5.01. The average molecular weight is 383 g/mol. The van der Waals surface area contributed by atoms with Crippen molar-refractivity contribution in [2.75, 3.05) is 25.4 Å². The standard InChI is InChI=1S/C19H30N2O4S/c1-12-9-15(26-11-12)16(20-18(23)25-19(2,3)4)17(22)24-14-10-21-7-5-13(14)6-8-21/h9,12-14,16H,5-8,10-11H2,1-4H3,(H,20,23). The second kappa shape index (κ2) is 7.80. The van der Waals surface area contributed by atoms with Gasteiger partial charge in [0.1, 0.15) is 11.7 Å². The molecule has 0 saturated carbocycles. The van der Waals surface area contributed by atoms with Crippen LogP contribution in [0.2, 0.25) is 0 Å². The van der Waals surface area contributed by atoms with Gasteiger partial charge in [0.05, 0.1) is 0 Å². The normalized spacial score (nSPS) is 31.9. The first-order chi connectivity index (χ1) is 12.2. The van der Waals surface area contributed by atoms with Gasteiger partial charge in [-0.05, 0) is 58.5 Å². The van der Waals surface area contributed by atoms with Crippen LogP contribution in [-0.2, 0) is 14.3 Å². The Morgan fingerprint density at radius 2 is 2.00 bits per heavy atom. The predicted molar refractivity (Wildman–Crippen MR) is 102 cm³/mol. The van der Waals surface area contributed by atoms with Gasteiger partial charge in [-0.25, -0.2) is 9.59 Å². The molecule has 3 saturated heterocycles. The van der Waals surface area contributed by atoms with Crippen molar-refractivity contribution >= 4 is 23.8 Å². The number of fused-ring (bicyclic) bond motifs is 3. The summed E-state index contributed by atoms with van der Waals surface area (Å²) in [6, 6.07) is -0.782. The molecule has 0 spiro atoms. The van der Waals surface area contributed by atoms with Gasteiger partial charge in [-0.3, -0.25) is 4.90 Å². The van der Waals surface area contributed by atoms with Gasteiger partial charge < -0.3 is 14.8 Å². The number of ether oxygens (including phenoxy) is 2. The van der Waals surface area contributed by atoms with Crippen molar-refractivity contribution in [3.8, 4) is 0 Å². The van der Waals surface area contributed by atoms with Gasteiger partial charge in [0, 0.05) is 17.2 Å². The molecule has 0 aliphatic carbocycles. The van der Waals surface area contributed by atoms with Crippen molar-refractivity contribution < 1.29 is 19.1 Å². The molecule has 3 fully saturated rings. The number of nitrogens with one attached hydrogen (secondary N) is 1. The van der Waals surface area contributed by atoms with Gasteiger partial charge in [-0.1, -0.05) is 13.0 Å². The number of rotatable bonds is 4. The van der Waals surface area contributed by atoms with E-state index in [9.17, 15) is 9.59 Å². The quantitative estimate of drug-likeness (QED) is 0.754. The minimum Gasteiger partial charge on any atom is -0.459 e. The number of amides is 1. The lowest BCUT2D eigenvalue weighted by Crippen LogP contribution is -2.54. The third kappa shape index (κ3) is 4.94. The molecule has 2 bridgehead atoms. The largest absolute Gasteiger partial charge is 0.459 e. The Hall–Kier alpha value is -1.21. The summed E-state index contributed by atoms with van der Waals surface area (Å²) in [5, 5.41) is 2.73. The Kier molecular flexibility index (Phi) is 5.87. The van der Waals surface area contributed by atoms with Gasteiger partial charge in [0.2, 0.25) is 0 Å². The Bertz CT molecular complexity index is 579. The van der Waals surface area contributed by atoms with E-state index >= 15 is 0 Å². The summed E-state index contributed by atoms with van der Waals surface area (Å²) in [6.07, 6.45) is 3.55. The lowest BCUT2D eigenvalue weighted by atomic mass is 9.86. The molecule has 3 unspecified atom stereocenters.